The minimum absolute atomic E-state index is 0.222. The summed E-state index contributed by atoms with van der Waals surface area (Å²) >= 11 is 1.77. The van der Waals surface area contributed by atoms with Crippen LogP contribution >= 0.6 is 11.8 Å². The van der Waals surface area contributed by atoms with Crippen LogP contribution in [0.4, 0.5) is 4.79 Å². The minimum atomic E-state index is -0.857. The van der Waals surface area contributed by atoms with Gasteiger partial charge in [0.25, 0.3) is 0 Å². The van der Waals surface area contributed by atoms with Gasteiger partial charge in [0, 0.05) is 24.1 Å². The highest BCUT2D eigenvalue weighted by molar-refractivity contribution is 8.00. The smallest absolute Gasteiger partial charge is 0.407 e. The van der Waals surface area contributed by atoms with Crippen LogP contribution in [0, 0.1) is 0 Å². The van der Waals surface area contributed by atoms with E-state index in [0.717, 1.165) is 5.75 Å². The van der Waals surface area contributed by atoms with E-state index >= 15 is 0 Å². The van der Waals surface area contributed by atoms with Crippen LogP contribution in [-0.2, 0) is 0 Å². The van der Waals surface area contributed by atoms with Crippen molar-refractivity contribution in [3.8, 4) is 0 Å². The molecule has 0 saturated carbocycles. The van der Waals surface area contributed by atoms with E-state index in [-0.39, 0.29) is 4.75 Å². The van der Waals surface area contributed by atoms with Crippen LogP contribution in [0.2, 0.25) is 0 Å². The average molecular weight is 191 g/mol. The highest BCUT2D eigenvalue weighted by atomic mass is 32.2. The summed E-state index contributed by atoms with van der Waals surface area (Å²) in [5.41, 5.74) is 0. The first kappa shape index (κ1) is 11.6. The molecule has 0 saturated heterocycles. The van der Waals surface area contributed by atoms with Crippen molar-refractivity contribution in [1.82, 2.24) is 4.90 Å². The molecule has 0 aromatic heterocycles. The molecule has 4 heteroatoms. The number of carbonyl (C=O) groups is 1. The zero-order valence-electron chi connectivity index (χ0n) is 8.13. The van der Waals surface area contributed by atoms with E-state index in [2.05, 4.69) is 20.8 Å². The molecule has 0 bridgehead atoms. The van der Waals surface area contributed by atoms with Gasteiger partial charge in [-0.3, -0.25) is 0 Å². The highest BCUT2D eigenvalue weighted by Crippen LogP contribution is 2.22. The van der Waals surface area contributed by atoms with Gasteiger partial charge in [0.15, 0.2) is 0 Å². The van der Waals surface area contributed by atoms with Crippen LogP contribution in [0.1, 0.15) is 20.8 Å². The molecule has 0 rings (SSSR count). The fourth-order valence-electron chi connectivity index (χ4n) is 0.584. The van der Waals surface area contributed by atoms with E-state index in [0.29, 0.717) is 6.54 Å². The summed E-state index contributed by atoms with van der Waals surface area (Å²) in [6, 6.07) is 0. The first-order valence-electron chi connectivity index (χ1n) is 3.91. The number of carboxylic acid groups (broad SMARTS) is 1. The molecular formula is C8H17NO2S. The summed E-state index contributed by atoms with van der Waals surface area (Å²) in [5.74, 6) is 0.853. The SMILES string of the molecule is CN(CCSC(C)(C)C)C(=O)O. The normalized spacial score (nSPS) is 11.3. The predicted molar refractivity (Wildman–Crippen MR) is 52.9 cm³/mol. The number of hydrogen-bond acceptors (Lipinski definition) is 2. The standard InChI is InChI=1S/C8H17NO2S/c1-8(2,3)12-6-5-9(4)7(10)11/h5-6H2,1-4H3,(H,10,11). The second kappa shape index (κ2) is 4.60. The van der Waals surface area contributed by atoms with Crippen molar-refractivity contribution in [2.45, 2.75) is 25.5 Å². The van der Waals surface area contributed by atoms with Crippen LogP contribution in [-0.4, -0.2) is 40.2 Å². The van der Waals surface area contributed by atoms with E-state index in [4.69, 9.17) is 5.11 Å². The van der Waals surface area contributed by atoms with Crippen molar-refractivity contribution >= 4 is 17.9 Å². The summed E-state index contributed by atoms with van der Waals surface area (Å²) in [6.07, 6.45) is -0.857. The lowest BCUT2D eigenvalue weighted by Gasteiger charge is -2.19. The van der Waals surface area contributed by atoms with Crippen molar-refractivity contribution < 1.29 is 9.90 Å². The monoisotopic (exact) mass is 191 g/mol. The van der Waals surface area contributed by atoms with E-state index in [1.54, 1.807) is 18.8 Å². The molecule has 0 aromatic carbocycles. The summed E-state index contributed by atoms with van der Waals surface area (Å²) in [5, 5.41) is 8.53. The summed E-state index contributed by atoms with van der Waals surface area (Å²) in [7, 11) is 1.59. The quantitative estimate of drug-likeness (QED) is 0.743. The maximum atomic E-state index is 10.4. The molecule has 0 fully saturated rings. The molecule has 72 valence electrons. The van der Waals surface area contributed by atoms with Crippen molar-refractivity contribution in [2.24, 2.45) is 0 Å². The molecular weight excluding hydrogens is 174 g/mol. The number of hydrogen-bond donors (Lipinski definition) is 1. The van der Waals surface area contributed by atoms with Crippen LogP contribution in [0.25, 0.3) is 0 Å². The Labute approximate surface area is 78.1 Å². The summed E-state index contributed by atoms with van der Waals surface area (Å²) in [4.78, 5) is 11.7. The molecule has 0 unspecified atom stereocenters. The van der Waals surface area contributed by atoms with Gasteiger partial charge >= 0.3 is 6.09 Å². The molecule has 0 aliphatic heterocycles. The Balaban J connectivity index is 3.51. The van der Waals surface area contributed by atoms with Crippen LogP contribution < -0.4 is 0 Å². The molecule has 0 spiro atoms. The molecule has 3 nitrogen and oxygen atoms in total. The average Bonchev–Trinajstić information content (AvgIpc) is 1.84. The van der Waals surface area contributed by atoms with Crippen LogP contribution in [0.15, 0.2) is 0 Å². The van der Waals surface area contributed by atoms with Crippen molar-refractivity contribution in [3.63, 3.8) is 0 Å². The van der Waals surface area contributed by atoms with Gasteiger partial charge in [0.1, 0.15) is 0 Å². The van der Waals surface area contributed by atoms with Gasteiger partial charge in [0.2, 0.25) is 0 Å². The van der Waals surface area contributed by atoms with Crippen LogP contribution in [0.3, 0.4) is 0 Å². The molecule has 0 aromatic rings. The number of nitrogens with zero attached hydrogens (tertiary/aromatic N) is 1. The second-order valence-electron chi connectivity index (χ2n) is 3.66. The maximum absolute atomic E-state index is 10.4. The number of amides is 1. The molecule has 0 aliphatic rings. The first-order valence-corrected chi connectivity index (χ1v) is 4.89. The third-order valence-corrected chi connectivity index (χ3v) is 2.54. The van der Waals surface area contributed by atoms with E-state index < -0.39 is 6.09 Å². The zero-order chi connectivity index (χ0) is 9.78. The van der Waals surface area contributed by atoms with E-state index in [1.165, 1.54) is 4.90 Å². The van der Waals surface area contributed by atoms with Gasteiger partial charge in [-0.25, -0.2) is 4.79 Å². The van der Waals surface area contributed by atoms with Crippen LogP contribution in [0.5, 0.6) is 0 Å². The third-order valence-electron chi connectivity index (χ3n) is 1.29. The lowest BCUT2D eigenvalue weighted by molar-refractivity contribution is 0.158. The van der Waals surface area contributed by atoms with Gasteiger partial charge in [-0.2, -0.15) is 11.8 Å². The molecule has 0 atom stereocenters. The van der Waals surface area contributed by atoms with Gasteiger partial charge in [0.05, 0.1) is 0 Å². The zero-order valence-corrected chi connectivity index (χ0v) is 8.94. The van der Waals surface area contributed by atoms with Crippen molar-refractivity contribution in [2.75, 3.05) is 19.3 Å². The third kappa shape index (κ3) is 6.34. The topological polar surface area (TPSA) is 40.5 Å². The number of thioether (sulfide) groups is 1. The van der Waals surface area contributed by atoms with E-state index in [1.807, 2.05) is 0 Å². The molecule has 0 heterocycles. The Morgan fingerprint density at radius 2 is 2.00 bits per heavy atom. The largest absolute Gasteiger partial charge is 0.465 e. The lowest BCUT2D eigenvalue weighted by atomic mass is 10.3. The molecule has 1 amide bonds. The van der Waals surface area contributed by atoms with Gasteiger partial charge in [-0.05, 0) is 0 Å². The Hall–Kier alpha value is -0.380. The lowest BCUT2D eigenvalue weighted by Crippen LogP contribution is -2.27. The molecule has 1 N–H and O–H groups in total. The summed E-state index contributed by atoms with van der Waals surface area (Å²) < 4.78 is 0.222. The van der Waals surface area contributed by atoms with Crippen molar-refractivity contribution in [1.29, 1.82) is 0 Å². The number of rotatable bonds is 3. The Kier molecular flexibility index (Phi) is 4.45. The Morgan fingerprint density at radius 3 is 2.33 bits per heavy atom. The Bertz CT molecular complexity index is 154. The van der Waals surface area contributed by atoms with Crippen molar-refractivity contribution in [3.05, 3.63) is 0 Å². The maximum Gasteiger partial charge on any atom is 0.407 e. The minimum Gasteiger partial charge on any atom is -0.465 e. The summed E-state index contributed by atoms with van der Waals surface area (Å²) in [6.45, 7) is 6.96. The molecule has 0 aliphatic carbocycles. The molecule has 12 heavy (non-hydrogen) atoms. The van der Waals surface area contributed by atoms with Gasteiger partial charge in [-0.15, -0.1) is 0 Å². The van der Waals surface area contributed by atoms with Gasteiger partial charge in [-0.1, -0.05) is 20.8 Å². The Morgan fingerprint density at radius 1 is 1.50 bits per heavy atom. The molecule has 0 radical (unpaired) electrons. The highest BCUT2D eigenvalue weighted by Gasteiger charge is 2.11. The van der Waals surface area contributed by atoms with E-state index in [9.17, 15) is 4.79 Å². The fourth-order valence-corrected chi connectivity index (χ4v) is 1.56. The second-order valence-corrected chi connectivity index (χ2v) is 5.59. The predicted octanol–water partition coefficient (Wildman–Crippen LogP) is 2.13. The first-order chi connectivity index (χ1) is 5.33. The van der Waals surface area contributed by atoms with Gasteiger partial charge < -0.3 is 10.0 Å². The fraction of sp³-hybridized carbons (Fsp3) is 0.875.